The molecule has 2 aliphatic rings. The lowest BCUT2D eigenvalue weighted by Crippen LogP contribution is -2.45. The Bertz CT molecular complexity index is 749. The number of sulfonamides is 1. The van der Waals surface area contributed by atoms with E-state index in [0.717, 1.165) is 5.56 Å². The summed E-state index contributed by atoms with van der Waals surface area (Å²) in [7, 11) is -3.26. The predicted molar refractivity (Wildman–Crippen MR) is 93.1 cm³/mol. The first-order valence-corrected chi connectivity index (χ1v) is 10.3. The first kappa shape index (κ1) is 18.0. The topological polar surface area (TPSA) is 84.9 Å². The fourth-order valence-electron chi connectivity index (χ4n) is 3.20. The van der Waals surface area contributed by atoms with Crippen LogP contribution in [0.5, 0.6) is 11.5 Å². The van der Waals surface area contributed by atoms with Crippen molar-refractivity contribution in [3.63, 3.8) is 0 Å². The number of hydrogen-bond donors (Lipinski definition) is 1. The Labute approximate surface area is 148 Å². The highest BCUT2D eigenvalue weighted by atomic mass is 32.2. The molecule has 0 aromatic heterocycles. The standard InChI is InChI=1S/C17H24N2O5S/c1-12(13-5-6-15-16(10-13)24-9-8-23-15)18-17(20)14-4-3-7-19(11-14)25(2,21)22/h5-6,10,12,14H,3-4,7-9,11H2,1-2H3,(H,18,20)/t12-,14-/m0/s1. The second-order valence-corrected chi connectivity index (χ2v) is 8.58. The third kappa shape index (κ3) is 4.24. The fraction of sp³-hybridized carbons (Fsp3) is 0.588. The largest absolute Gasteiger partial charge is 0.486 e. The Hall–Kier alpha value is -1.80. The number of fused-ring (bicyclic) bond motifs is 1. The van der Waals surface area contributed by atoms with E-state index < -0.39 is 10.0 Å². The molecule has 2 heterocycles. The van der Waals surface area contributed by atoms with Crippen molar-refractivity contribution in [3.05, 3.63) is 23.8 Å². The molecule has 1 saturated heterocycles. The number of piperidine rings is 1. The van der Waals surface area contributed by atoms with Gasteiger partial charge in [-0.3, -0.25) is 4.79 Å². The second-order valence-electron chi connectivity index (χ2n) is 6.59. The average Bonchev–Trinajstić information content (AvgIpc) is 2.60. The molecule has 1 fully saturated rings. The van der Waals surface area contributed by atoms with Gasteiger partial charge in [-0.2, -0.15) is 0 Å². The number of nitrogens with one attached hydrogen (secondary N) is 1. The number of carbonyl (C=O) groups is 1. The molecular weight excluding hydrogens is 344 g/mol. The van der Waals surface area contributed by atoms with E-state index in [4.69, 9.17) is 9.47 Å². The smallest absolute Gasteiger partial charge is 0.224 e. The van der Waals surface area contributed by atoms with E-state index in [-0.39, 0.29) is 24.4 Å². The van der Waals surface area contributed by atoms with Gasteiger partial charge in [-0.05, 0) is 37.5 Å². The van der Waals surface area contributed by atoms with E-state index in [2.05, 4.69) is 5.32 Å². The van der Waals surface area contributed by atoms with E-state index >= 15 is 0 Å². The van der Waals surface area contributed by atoms with E-state index in [1.165, 1.54) is 10.6 Å². The van der Waals surface area contributed by atoms with Gasteiger partial charge in [-0.25, -0.2) is 12.7 Å². The molecule has 0 saturated carbocycles. The molecule has 1 aromatic carbocycles. The lowest BCUT2D eigenvalue weighted by Gasteiger charge is -2.31. The molecular formula is C17H24N2O5S. The molecule has 0 unspecified atom stereocenters. The number of benzene rings is 1. The molecule has 0 radical (unpaired) electrons. The molecule has 1 aromatic rings. The maximum absolute atomic E-state index is 12.6. The molecule has 8 heteroatoms. The maximum Gasteiger partial charge on any atom is 0.224 e. The summed E-state index contributed by atoms with van der Waals surface area (Å²) in [6.07, 6.45) is 2.58. The van der Waals surface area contributed by atoms with Crippen LogP contribution >= 0.6 is 0 Å². The lowest BCUT2D eigenvalue weighted by atomic mass is 9.97. The van der Waals surface area contributed by atoms with Crippen molar-refractivity contribution in [1.29, 1.82) is 0 Å². The maximum atomic E-state index is 12.6. The Balaban J connectivity index is 1.64. The second kappa shape index (κ2) is 7.21. The Morgan fingerprint density at radius 2 is 2.00 bits per heavy atom. The minimum absolute atomic E-state index is 0.115. The van der Waals surface area contributed by atoms with Crippen LogP contribution in [0.15, 0.2) is 18.2 Å². The van der Waals surface area contributed by atoms with Crippen LogP contribution in [0.25, 0.3) is 0 Å². The lowest BCUT2D eigenvalue weighted by molar-refractivity contribution is -0.126. The summed E-state index contributed by atoms with van der Waals surface area (Å²) >= 11 is 0. The first-order valence-electron chi connectivity index (χ1n) is 8.49. The van der Waals surface area contributed by atoms with E-state index in [9.17, 15) is 13.2 Å². The van der Waals surface area contributed by atoms with E-state index in [1.54, 1.807) is 0 Å². The van der Waals surface area contributed by atoms with Crippen LogP contribution in [0.2, 0.25) is 0 Å². The van der Waals surface area contributed by atoms with E-state index in [0.29, 0.717) is 44.1 Å². The third-order valence-corrected chi connectivity index (χ3v) is 5.92. The number of ether oxygens (including phenoxy) is 2. The van der Waals surface area contributed by atoms with Gasteiger partial charge in [0.25, 0.3) is 0 Å². The van der Waals surface area contributed by atoms with Crippen molar-refractivity contribution >= 4 is 15.9 Å². The molecule has 138 valence electrons. The minimum Gasteiger partial charge on any atom is -0.486 e. The van der Waals surface area contributed by atoms with Gasteiger partial charge in [0.05, 0.1) is 18.2 Å². The highest BCUT2D eigenvalue weighted by molar-refractivity contribution is 7.88. The summed E-state index contributed by atoms with van der Waals surface area (Å²) in [5.74, 6) is 0.967. The molecule has 3 rings (SSSR count). The van der Waals surface area contributed by atoms with Gasteiger partial charge < -0.3 is 14.8 Å². The molecule has 1 N–H and O–H groups in total. The number of carbonyl (C=O) groups excluding carboxylic acids is 1. The molecule has 25 heavy (non-hydrogen) atoms. The SMILES string of the molecule is C[C@H](NC(=O)[C@H]1CCCN(S(C)(=O)=O)C1)c1ccc2c(c1)OCCO2. The quantitative estimate of drug-likeness (QED) is 0.866. The summed E-state index contributed by atoms with van der Waals surface area (Å²) in [6.45, 7) is 3.69. The normalized spacial score (nSPS) is 22.2. The molecule has 0 bridgehead atoms. The van der Waals surface area contributed by atoms with Crippen LogP contribution in [0.3, 0.4) is 0 Å². The molecule has 1 amide bonds. The third-order valence-electron chi connectivity index (χ3n) is 4.65. The predicted octanol–water partition coefficient (Wildman–Crippen LogP) is 1.31. The van der Waals surface area contributed by atoms with Crippen molar-refractivity contribution in [2.24, 2.45) is 5.92 Å². The van der Waals surface area contributed by atoms with Crippen LogP contribution in [0, 0.1) is 5.92 Å². The van der Waals surface area contributed by atoms with Crippen molar-refractivity contribution in [2.45, 2.75) is 25.8 Å². The van der Waals surface area contributed by atoms with Gasteiger partial charge >= 0.3 is 0 Å². The van der Waals surface area contributed by atoms with Gasteiger partial charge in [0.2, 0.25) is 15.9 Å². The Kier molecular flexibility index (Phi) is 5.19. The molecule has 0 spiro atoms. The van der Waals surface area contributed by atoms with E-state index in [1.807, 2.05) is 25.1 Å². The van der Waals surface area contributed by atoms with Gasteiger partial charge in [-0.1, -0.05) is 6.07 Å². The number of hydrogen-bond acceptors (Lipinski definition) is 5. The van der Waals surface area contributed by atoms with Gasteiger partial charge in [0.15, 0.2) is 11.5 Å². The minimum atomic E-state index is -3.26. The van der Waals surface area contributed by atoms with Gasteiger partial charge in [0, 0.05) is 13.1 Å². The molecule has 2 atom stereocenters. The van der Waals surface area contributed by atoms with Crippen molar-refractivity contribution in [2.75, 3.05) is 32.6 Å². The van der Waals surface area contributed by atoms with Crippen molar-refractivity contribution < 1.29 is 22.7 Å². The van der Waals surface area contributed by atoms with Crippen molar-refractivity contribution in [1.82, 2.24) is 9.62 Å². The number of rotatable bonds is 4. The number of nitrogens with zero attached hydrogens (tertiary/aromatic N) is 1. The molecule has 2 aliphatic heterocycles. The zero-order valence-electron chi connectivity index (χ0n) is 14.5. The summed E-state index contributed by atoms with van der Waals surface area (Å²) in [5.41, 5.74) is 0.924. The van der Waals surface area contributed by atoms with Crippen LogP contribution in [-0.2, 0) is 14.8 Å². The Morgan fingerprint density at radius 3 is 2.72 bits per heavy atom. The van der Waals surface area contributed by atoms with Crippen LogP contribution in [0.4, 0.5) is 0 Å². The highest BCUT2D eigenvalue weighted by Crippen LogP contribution is 2.32. The highest BCUT2D eigenvalue weighted by Gasteiger charge is 2.30. The first-order chi connectivity index (χ1) is 11.8. The Morgan fingerprint density at radius 1 is 1.28 bits per heavy atom. The van der Waals surface area contributed by atoms with Gasteiger partial charge in [0.1, 0.15) is 13.2 Å². The zero-order valence-corrected chi connectivity index (χ0v) is 15.3. The van der Waals surface area contributed by atoms with Gasteiger partial charge in [-0.15, -0.1) is 0 Å². The van der Waals surface area contributed by atoms with Crippen molar-refractivity contribution in [3.8, 4) is 11.5 Å². The monoisotopic (exact) mass is 368 g/mol. The van der Waals surface area contributed by atoms with Crippen LogP contribution in [0.1, 0.15) is 31.4 Å². The fourth-order valence-corrected chi connectivity index (χ4v) is 4.11. The molecule has 7 nitrogen and oxygen atoms in total. The van der Waals surface area contributed by atoms with Crippen LogP contribution < -0.4 is 14.8 Å². The summed E-state index contributed by atoms with van der Waals surface area (Å²) in [5, 5.41) is 2.99. The summed E-state index contributed by atoms with van der Waals surface area (Å²) in [4.78, 5) is 12.6. The summed E-state index contributed by atoms with van der Waals surface area (Å²) in [6, 6.07) is 5.43. The average molecular weight is 368 g/mol. The molecule has 0 aliphatic carbocycles. The number of amides is 1. The summed E-state index contributed by atoms with van der Waals surface area (Å²) < 4.78 is 35.9. The van der Waals surface area contributed by atoms with Crippen LogP contribution in [-0.4, -0.2) is 51.2 Å². The zero-order chi connectivity index (χ0) is 18.0.